The lowest BCUT2D eigenvalue weighted by molar-refractivity contribution is -0.137. The van der Waals surface area contributed by atoms with Crippen LogP contribution in [0.25, 0.3) is 0 Å². The molecule has 0 N–H and O–H groups in total. The van der Waals surface area contributed by atoms with E-state index in [1.165, 1.54) is 17.0 Å². The van der Waals surface area contributed by atoms with Crippen LogP contribution in [0, 0.1) is 0 Å². The first kappa shape index (κ1) is 27.8. The summed E-state index contributed by atoms with van der Waals surface area (Å²) in [6, 6.07) is 20.3. The van der Waals surface area contributed by atoms with Gasteiger partial charge in [-0.05, 0) is 59.7 Å². The van der Waals surface area contributed by atoms with E-state index in [1.807, 2.05) is 54.6 Å². The van der Waals surface area contributed by atoms with Crippen molar-refractivity contribution in [3.63, 3.8) is 0 Å². The average Bonchev–Trinajstić information content (AvgIpc) is 3.41. The summed E-state index contributed by atoms with van der Waals surface area (Å²) in [6.45, 7) is -0.116. The zero-order valence-corrected chi connectivity index (χ0v) is 21.5. The van der Waals surface area contributed by atoms with Crippen LogP contribution in [0.2, 0.25) is 0 Å². The van der Waals surface area contributed by atoms with Crippen molar-refractivity contribution in [2.75, 3.05) is 33.9 Å². The summed E-state index contributed by atoms with van der Waals surface area (Å²) in [5.74, 6) is -0.312. The maximum Gasteiger partial charge on any atom is 0.416 e. The molecule has 1 atom stereocenters. The minimum Gasteiger partial charge on any atom is -0.497 e. The first-order valence-corrected chi connectivity index (χ1v) is 12.3. The molecule has 1 aliphatic rings. The predicted molar refractivity (Wildman–Crippen MR) is 139 cm³/mol. The number of methoxy groups -OCH3 is 2. The highest BCUT2D eigenvalue weighted by molar-refractivity contribution is 6.03. The van der Waals surface area contributed by atoms with Gasteiger partial charge in [0.05, 0.1) is 31.0 Å². The summed E-state index contributed by atoms with van der Waals surface area (Å²) in [4.78, 5) is 28.1. The van der Waals surface area contributed by atoms with Crippen LogP contribution in [0.1, 0.15) is 39.5 Å². The monoisotopic (exact) mass is 539 g/mol. The van der Waals surface area contributed by atoms with Gasteiger partial charge in [0.15, 0.2) is 0 Å². The van der Waals surface area contributed by atoms with E-state index in [0.29, 0.717) is 17.9 Å². The second kappa shape index (κ2) is 12.1. The summed E-state index contributed by atoms with van der Waals surface area (Å²) >= 11 is 0. The molecule has 39 heavy (non-hydrogen) atoms. The number of hydrazone groups is 1. The maximum atomic E-state index is 13.6. The molecule has 1 heterocycles. The van der Waals surface area contributed by atoms with Crippen molar-refractivity contribution in [1.82, 2.24) is 9.91 Å². The normalized spacial score (nSPS) is 15.2. The molecule has 10 heteroatoms. The van der Waals surface area contributed by atoms with E-state index in [0.717, 1.165) is 35.4 Å². The van der Waals surface area contributed by atoms with Crippen LogP contribution >= 0.6 is 0 Å². The van der Waals surface area contributed by atoms with Crippen molar-refractivity contribution >= 4 is 17.5 Å². The van der Waals surface area contributed by atoms with E-state index in [9.17, 15) is 22.8 Å². The van der Waals surface area contributed by atoms with E-state index in [2.05, 4.69) is 5.10 Å². The van der Waals surface area contributed by atoms with Crippen molar-refractivity contribution in [3.05, 3.63) is 101 Å². The minimum absolute atomic E-state index is 0.0374. The molecule has 0 fully saturated rings. The quantitative estimate of drug-likeness (QED) is 0.376. The molecule has 3 aromatic rings. The highest BCUT2D eigenvalue weighted by atomic mass is 19.4. The van der Waals surface area contributed by atoms with Crippen molar-refractivity contribution < 1.29 is 32.2 Å². The van der Waals surface area contributed by atoms with Crippen LogP contribution in [0.4, 0.5) is 13.2 Å². The summed E-state index contributed by atoms with van der Waals surface area (Å²) in [7, 11) is 3.04. The minimum atomic E-state index is -4.52. The summed E-state index contributed by atoms with van der Waals surface area (Å²) in [5.41, 5.74) is 1.61. The number of alkyl halides is 3. The van der Waals surface area contributed by atoms with E-state index in [-0.39, 0.29) is 31.3 Å². The Morgan fingerprint density at radius 2 is 1.64 bits per heavy atom. The molecule has 2 amide bonds. The van der Waals surface area contributed by atoms with Gasteiger partial charge in [-0.3, -0.25) is 9.59 Å². The van der Waals surface area contributed by atoms with E-state index >= 15 is 0 Å². The Morgan fingerprint density at radius 1 is 0.974 bits per heavy atom. The molecule has 7 nitrogen and oxygen atoms in total. The summed E-state index contributed by atoms with van der Waals surface area (Å²) < 4.78 is 49.3. The lowest BCUT2D eigenvalue weighted by atomic mass is 9.98. The van der Waals surface area contributed by atoms with Crippen LogP contribution in [-0.4, -0.2) is 61.4 Å². The third-order valence-corrected chi connectivity index (χ3v) is 6.41. The zero-order chi connectivity index (χ0) is 28.0. The molecule has 0 spiro atoms. The fraction of sp³-hybridized carbons (Fsp3) is 0.276. The predicted octanol–water partition coefficient (Wildman–Crippen LogP) is 5.18. The molecule has 0 saturated heterocycles. The second-order valence-electron chi connectivity index (χ2n) is 8.94. The Hall–Kier alpha value is -4.18. The van der Waals surface area contributed by atoms with Gasteiger partial charge >= 0.3 is 6.18 Å². The molecular formula is C29H28F3N3O4. The molecule has 0 bridgehead atoms. The van der Waals surface area contributed by atoms with Gasteiger partial charge in [0, 0.05) is 25.6 Å². The number of hydrogen-bond acceptors (Lipinski definition) is 5. The zero-order valence-electron chi connectivity index (χ0n) is 21.5. The van der Waals surface area contributed by atoms with Crippen LogP contribution in [0.15, 0.2) is 84.0 Å². The van der Waals surface area contributed by atoms with E-state index in [1.54, 1.807) is 7.11 Å². The lowest BCUT2D eigenvalue weighted by Crippen LogP contribution is -2.42. The number of benzene rings is 3. The fourth-order valence-corrected chi connectivity index (χ4v) is 4.31. The highest BCUT2D eigenvalue weighted by Crippen LogP contribution is 2.33. The Balaban J connectivity index is 1.60. The number of ether oxygens (including phenoxy) is 2. The molecule has 0 aromatic heterocycles. The number of nitrogens with zero attached hydrogens (tertiary/aromatic N) is 3. The first-order chi connectivity index (χ1) is 18.7. The van der Waals surface area contributed by atoms with Gasteiger partial charge in [0.1, 0.15) is 12.3 Å². The second-order valence-corrected chi connectivity index (χ2v) is 8.94. The van der Waals surface area contributed by atoms with Crippen LogP contribution < -0.4 is 4.74 Å². The van der Waals surface area contributed by atoms with Crippen molar-refractivity contribution in [2.45, 2.75) is 18.6 Å². The van der Waals surface area contributed by atoms with Crippen molar-refractivity contribution in [1.29, 1.82) is 0 Å². The topological polar surface area (TPSA) is 71.4 Å². The lowest BCUT2D eigenvalue weighted by Gasteiger charge is -2.27. The Morgan fingerprint density at radius 3 is 2.23 bits per heavy atom. The molecular weight excluding hydrogens is 511 g/mol. The van der Waals surface area contributed by atoms with Gasteiger partial charge in [0.2, 0.25) is 0 Å². The summed E-state index contributed by atoms with van der Waals surface area (Å²) in [6.07, 6.45) is -4.05. The number of carbonyl (C=O) groups excluding carboxylic acids is 2. The molecule has 204 valence electrons. The number of halogens is 3. The Kier molecular flexibility index (Phi) is 8.65. The van der Waals surface area contributed by atoms with Gasteiger partial charge in [-0.2, -0.15) is 18.3 Å². The van der Waals surface area contributed by atoms with Crippen LogP contribution in [-0.2, 0) is 15.7 Å². The maximum absolute atomic E-state index is 13.6. The van der Waals surface area contributed by atoms with E-state index in [4.69, 9.17) is 9.47 Å². The Bertz CT molecular complexity index is 1310. The van der Waals surface area contributed by atoms with Gasteiger partial charge < -0.3 is 14.4 Å². The number of hydrogen-bond donors (Lipinski definition) is 0. The van der Waals surface area contributed by atoms with Crippen molar-refractivity contribution in [2.24, 2.45) is 5.10 Å². The third-order valence-electron chi connectivity index (χ3n) is 6.41. The number of carbonyl (C=O) groups is 2. The molecule has 3 aromatic carbocycles. The fourth-order valence-electron chi connectivity index (χ4n) is 4.31. The molecule has 0 unspecified atom stereocenters. The highest BCUT2D eigenvalue weighted by Gasteiger charge is 2.35. The van der Waals surface area contributed by atoms with Gasteiger partial charge in [-0.25, -0.2) is 5.01 Å². The van der Waals surface area contributed by atoms with Gasteiger partial charge in [-0.1, -0.05) is 30.3 Å². The van der Waals surface area contributed by atoms with E-state index < -0.39 is 23.6 Å². The van der Waals surface area contributed by atoms with Crippen LogP contribution in [0.5, 0.6) is 5.75 Å². The van der Waals surface area contributed by atoms with Gasteiger partial charge in [0.25, 0.3) is 11.8 Å². The largest absolute Gasteiger partial charge is 0.497 e. The van der Waals surface area contributed by atoms with Crippen LogP contribution in [0.3, 0.4) is 0 Å². The Labute approximate surface area is 224 Å². The molecule has 1 aliphatic heterocycles. The number of amides is 2. The van der Waals surface area contributed by atoms with Gasteiger partial charge in [-0.15, -0.1) is 0 Å². The average molecular weight is 540 g/mol. The molecule has 4 rings (SSSR count). The molecule has 0 radical (unpaired) electrons. The first-order valence-electron chi connectivity index (χ1n) is 12.3. The SMILES string of the molecule is COCCN(CC(=O)N1N=C(c2ccc(OC)cc2)C[C@H]1c1ccccc1)C(=O)c1ccc(C(F)(F)F)cc1. The molecule has 0 aliphatic carbocycles. The third kappa shape index (κ3) is 6.64. The smallest absolute Gasteiger partial charge is 0.416 e. The standard InChI is InChI=1S/C29H28F3N3O4/c1-38-17-16-34(28(37)22-8-12-23(13-9-22)29(30,31)32)19-27(36)35-26(21-6-4-3-5-7-21)18-25(33-35)20-10-14-24(39-2)15-11-20/h3-15,26H,16-19H2,1-2H3/t26-/m0/s1. The summed E-state index contributed by atoms with van der Waals surface area (Å²) in [5, 5.41) is 6.02. The molecule has 0 saturated carbocycles. The number of rotatable bonds is 9. The van der Waals surface area contributed by atoms with Crippen molar-refractivity contribution in [3.8, 4) is 5.75 Å².